The molecule has 124 valence electrons. The molecule has 0 aliphatic carbocycles. The lowest BCUT2D eigenvalue weighted by molar-refractivity contribution is -0.147. The Labute approximate surface area is 143 Å². The van der Waals surface area contributed by atoms with E-state index in [1.807, 2.05) is 12.1 Å². The van der Waals surface area contributed by atoms with Gasteiger partial charge in [0, 0.05) is 42.3 Å². The highest BCUT2D eigenvalue weighted by atomic mass is 79.9. The lowest BCUT2D eigenvalue weighted by Crippen LogP contribution is -2.54. The summed E-state index contributed by atoms with van der Waals surface area (Å²) in [6, 6.07) is 7.14. The normalized spacial score (nSPS) is 14.8. The van der Waals surface area contributed by atoms with Gasteiger partial charge in [0.25, 0.3) is 5.91 Å². The van der Waals surface area contributed by atoms with Crippen molar-refractivity contribution < 1.29 is 14.4 Å². The highest BCUT2D eigenvalue weighted by Crippen LogP contribution is 2.14. The zero-order valence-corrected chi connectivity index (χ0v) is 14.8. The van der Waals surface area contributed by atoms with Crippen molar-refractivity contribution in [2.75, 3.05) is 26.2 Å². The van der Waals surface area contributed by atoms with Crippen molar-refractivity contribution in [3.8, 4) is 0 Å². The standard InChI is InChI=1S/C16H20BrN3O3/c1-11(2)18-14(21)16(23)20-8-6-19(7-9-20)15(22)12-4-3-5-13(17)10-12/h3-5,10-11H,6-9H2,1-2H3,(H,18,21). The van der Waals surface area contributed by atoms with E-state index in [1.54, 1.807) is 30.9 Å². The maximum absolute atomic E-state index is 12.4. The number of benzene rings is 1. The van der Waals surface area contributed by atoms with E-state index in [0.29, 0.717) is 31.7 Å². The van der Waals surface area contributed by atoms with E-state index in [-0.39, 0.29) is 11.9 Å². The molecule has 7 heteroatoms. The highest BCUT2D eigenvalue weighted by molar-refractivity contribution is 9.10. The van der Waals surface area contributed by atoms with E-state index in [9.17, 15) is 14.4 Å². The van der Waals surface area contributed by atoms with E-state index in [1.165, 1.54) is 4.90 Å². The quantitative estimate of drug-likeness (QED) is 0.783. The van der Waals surface area contributed by atoms with Gasteiger partial charge in [-0.15, -0.1) is 0 Å². The molecule has 0 bridgehead atoms. The molecule has 6 nitrogen and oxygen atoms in total. The van der Waals surface area contributed by atoms with Gasteiger partial charge in [0.05, 0.1) is 0 Å². The van der Waals surface area contributed by atoms with Crippen molar-refractivity contribution in [2.24, 2.45) is 0 Å². The number of hydrogen-bond donors (Lipinski definition) is 1. The van der Waals surface area contributed by atoms with Crippen LogP contribution in [0.4, 0.5) is 0 Å². The number of piperazine rings is 1. The van der Waals surface area contributed by atoms with E-state index in [2.05, 4.69) is 21.2 Å². The SMILES string of the molecule is CC(C)NC(=O)C(=O)N1CCN(C(=O)c2cccc(Br)c2)CC1. The second kappa shape index (κ2) is 7.59. The number of amides is 3. The molecule has 1 aromatic carbocycles. The minimum absolute atomic E-state index is 0.0648. The summed E-state index contributed by atoms with van der Waals surface area (Å²) in [5.41, 5.74) is 0.608. The maximum Gasteiger partial charge on any atom is 0.312 e. The van der Waals surface area contributed by atoms with Crippen LogP contribution in [0.5, 0.6) is 0 Å². The van der Waals surface area contributed by atoms with Crippen LogP contribution in [-0.2, 0) is 9.59 Å². The van der Waals surface area contributed by atoms with Gasteiger partial charge in [-0.05, 0) is 32.0 Å². The van der Waals surface area contributed by atoms with Gasteiger partial charge in [0.15, 0.2) is 0 Å². The molecule has 0 atom stereocenters. The average Bonchev–Trinajstić information content (AvgIpc) is 2.53. The third-order valence-corrected chi connectivity index (χ3v) is 4.03. The summed E-state index contributed by atoms with van der Waals surface area (Å²) < 4.78 is 0.850. The first-order valence-electron chi connectivity index (χ1n) is 7.53. The van der Waals surface area contributed by atoms with Crippen LogP contribution in [0.1, 0.15) is 24.2 Å². The molecule has 0 radical (unpaired) electrons. The van der Waals surface area contributed by atoms with Gasteiger partial charge in [-0.25, -0.2) is 0 Å². The van der Waals surface area contributed by atoms with E-state index in [4.69, 9.17) is 0 Å². The number of rotatable bonds is 2. The van der Waals surface area contributed by atoms with Crippen molar-refractivity contribution in [2.45, 2.75) is 19.9 Å². The van der Waals surface area contributed by atoms with Crippen molar-refractivity contribution >= 4 is 33.7 Å². The Hall–Kier alpha value is -1.89. The molecule has 1 aliphatic rings. The van der Waals surface area contributed by atoms with Crippen molar-refractivity contribution in [1.29, 1.82) is 0 Å². The molecule has 0 aromatic heterocycles. The summed E-state index contributed by atoms with van der Waals surface area (Å²) in [7, 11) is 0. The molecule has 1 aromatic rings. The summed E-state index contributed by atoms with van der Waals surface area (Å²) >= 11 is 3.35. The van der Waals surface area contributed by atoms with Crippen LogP contribution in [-0.4, -0.2) is 59.7 Å². The Balaban J connectivity index is 1.92. The van der Waals surface area contributed by atoms with Crippen LogP contribution >= 0.6 is 15.9 Å². The number of carbonyl (C=O) groups is 3. The minimum Gasteiger partial charge on any atom is -0.346 e. The first kappa shape index (κ1) is 17.5. The van der Waals surface area contributed by atoms with Crippen LogP contribution in [0.3, 0.4) is 0 Å². The van der Waals surface area contributed by atoms with Gasteiger partial charge in [-0.1, -0.05) is 22.0 Å². The topological polar surface area (TPSA) is 69.7 Å². The molecular weight excluding hydrogens is 362 g/mol. The van der Waals surface area contributed by atoms with Gasteiger partial charge in [0.1, 0.15) is 0 Å². The maximum atomic E-state index is 12.4. The summed E-state index contributed by atoms with van der Waals surface area (Å²) in [6.45, 7) is 5.19. The molecule has 1 fully saturated rings. The summed E-state index contributed by atoms with van der Waals surface area (Å²) in [5, 5.41) is 2.59. The predicted octanol–water partition coefficient (Wildman–Crippen LogP) is 1.26. The summed E-state index contributed by atoms with van der Waals surface area (Å²) in [6.07, 6.45) is 0. The Morgan fingerprint density at radius 1 is 1.09 bits per heavy atom. The molecule has 1 aliphatic heterocycles. The summed E-state index contributed by atoms with van der Waals surface area (Å²) in [4.78, 5) is 39.4. The van der Waals surface area contributed by atoms with Crippen LogP contribution in [0.25, 0.3) is 0 Å². The Morgan fingerprint density at radius 3 is 2.26 bits per heavy atom. The number of halogens is 1. The van der Waals surface area contributed by atoms with Crippen molar-refractivity contribution in [3.05, 3.63) is 34.3 Å². The van der Waals surface area contributed by atoms with Gasteiger partial charge in [-0.2, -0.15) is 0 Å². The van der Waals surface area contributed by atoms with Crippen LogP contribution in [0.15, 0.2) is 28.7 Å². The third kappa shape index (κ3) is 4.54. The number of carbonyl (C=O) groups excluding carboxylic acids is 3. The monoisotopic (exact) mass is 381 g/mol. The molecule has 0 saturated carbocycles. The second-order valence-electron chi connectivity index (χ2n) is 5.72. The molecule has 1 N–H and O–H groups in total. The van der Waals surface area contributed by atoms with Crippen molar-refractivity contribution in [1.82, 2.24) is 15.1 Å². The molecule has 3 amide bonds. The van der Waals surface area contributed by atoms with Gasteiger partial charge >= 0.3 is 11.8 Å². The fraction of sp³-hybridized carbons (Fsp3) is 0.438. The highest BCUT2D eigenvalue weighted by Gasteiger charge is 2.28. The van der Waals surface area contributed by atoms with Crippen LogP contribution < -0.4 is 5.32 Å². The molecule has 23 heavy (non-hydrogen) atoms. The van der Waals surface area contributed by atoms with Gasteiger partial charge in [-0.3, -0.25) is 14.4 Å². The van der Waals surface area contributed by atoms with E-state index >= 15 is 0 Å². The van der Waals surface area contributed by atoms with Crippen LogP contribution in [0, 0.1) is 0 Å². The van der Waals surface area contributed by atoms with Crippen LogP contribution in [0.2, 0.25) is 0 Å². The molecule has 2 rings (SSSR count). The molecule has 0 spiro atoms. The molecule has 1 heterocycles. The fourth-order valence-corrected chi connectivity index (χ4v) is 2.78. The van der Waals surface area contributed by atoms with Crippen molar-refractivity contribution in [3.63, 3.8) is 0 Å². The lowest BCUT2D eigenvalue weighted by atomic mass is 10.2. The third-order valence-electron chi connectivity index (χ3n) is 3.54. The van der Waals surface area contributed by atoms with Gasteiger partial charge in [0.2, 0.25) is 0 Å². The molecule has 1 saturated heterocycles. The predicted molar refractivity (Wildman–Crippen MR) is 89.9 cm³/mol. The Kier molecular flexibility index (Phi) is 5.76. The Morgan fingerprint density at radius 2 is 1.70 bits per heavy atom. The number of hydrogen-bond acceptors (Lipinski definition) is 3. The fourth-order valence-electron chi connectivity index (χ4n) is 2.38. The zero-order chi connectivity index (χ0) is 17.0. The first-order chi connectivity index (χ1) is 10.9. The number of nitrogens with zero attached hydrogens (tertiary/aromatic N) is 2. The first-order valence-corrected chi connectivity index (χ1v) is 8.32. The minimum atomic E-state index is -0.591. The zero-order valence-electron chi connectivity index (χ0n) is 13.2. The van der Waals surface area contributed by atoms with E-state index in [0.717, 1.165) is 4.47 Å². The lowest BCUT2D eigenvalue weighted by Gasteiger charge is -2.34. The average molecular weight is 382 g/mol. The Bertz CT molecular complexity index is 610. The largest absolute Gasteiger partial charge is 0.346 e. The molecular formula is C16H20BrN3O3. The van der Waals surface area contributed by atoms with Gasteiger partial charge < -0.3 is 15.1 Å². The summed E-state index contributed by atoms with van der Waals surface area (Å²) in [5.74, 6) is -1.19. The number of nitrogens with one attached hydrogen (secondary N) is 1. The smallest absolute Gasteiger partial charge is 0.312 e. The molecule has 0 unspecified atom stereocenters. The second-order valence-corrected chi connectivity index (χ2v) is 6.64. The van der Waals surface area contributed by atoms with E-state index < -0.39 is 11.8 Å².